The Kier molecular flexibility index (Phi) is 3.28. The van der Waals surface area contributed by atoms with Crippen molar-refractivity contribution in [3.8, 4) is 0 Å². The summed E-state index contributed by atoms with van der Waals surface area (Å²) in [7, 11) is 0. The van der Waals surface area contributed by atoms with Gasteiger partial charge in [0, 0.05) is 0 Å². The van der Waals surface area contributed by atoms with Gasteiger partial charge in [-0.3, -0.25) is 0 Å². The fourth-order valence-corrected chi connectivity index (χ4v) is 4.10. The van der Waals surface area contributed by atoms with Crippen LogP contribution in [0.4, 0.5) is 0 Å². The molecule has 0 bridgehead atoms. The number of hydrogen-bond donors (Lipinski definition) is 0. The SMILES string of the molecule is [CH3][Ge]([CH3])[c]1ccnn1C1CCCCO1. The molecule has 0 aliphatic carbocycles. The summed E-state index contributed by atoms with van der Waals surface area (Å²) in [6.07, 6.45) is 5.73. The van der Waals surface area contributed by atoms with E-state index in [0.717, 1.165) is 13.0 Å². The zero-order valence-corrected chi connectivity index (χ0v) is 11.0. The second kappa shape index (κ2) is 4.49. The Labute approximate surface area is 89.6 Å². The monoisotopic (exact) mass is 255 g/mol. The van der Waals surface area contributed by atoms with E-state index in [-0.39, 0.29) is 6.23 Å². The van der Waals surface area contributed by atoms with Crippen LogP contribution in [0.15, 0.2) is 12.3 Å². The van der Waals surface area contributed by atoms with Gasteiger partial charge in [0.1, 0.15) is 0 Å². The molecule has 3 nitrogen and oxygen atoms in total. The van der Waals surface area contributed by atoms with Gasteiger partial charge in [-0.2, -0.15) is 0 Å². The number of hydrogen-bond acceptors (Lipinski definition) is 2. The Balaban J connectivity index is 2.17. The Morgan fingerprint density at radius 1 is 1.50 bits per heavy atom. The molecule has 1 aromatic heterocycles. The standard InChI is InChI=1S/C10H17GeN2O/c1-11(2)9-6-7-12-13(9)10-5-3-4-8-14-10/h6-7,10H,3-5,8H2,1-2H3. The third kappa shape index (κ3) is 2.03. The molecule has 77 valence electrons. The molecule has 1 unspecified atom stereocenters. The van der Waals surface area contributed by atoms with Crippen molar-refractivity contribution < 1.29 is 4.74 Å². The van der Waals surface area contributed by atoms with E-state index in [1.54, 1.807) is 0 Å². The molecule has 0 amide bonds. The molecular formula is C10H17GeN2O. The van der Waals surface area contributed by atoms with Crippen LogP contribution in [-0.2, 0) is 4.74 Å². The van der Waals surface area contributed by atoms with Gasteiger partial charge >= 0.3 is 89.3 Å². The molecule has 1 saturated heterocycles. The fraction of sp³-hybridized carbons (Fsp3) is 0.700. The van der Waals surface area contributed by atoms with Crippen molar-refractivity contribution in [2.45, 2.75) is 37.0 Å². The molecular weight excluding hydrogens is 237 g/mol. The predicted molar refractivity (Wildman–Crippen MR) is 58.2 cm³/mol. The van der Waals surface area contributed by atoms with Gasteiger partial charge in [-0.25, -0.2) is 0 Å². The first kappa shape index (κ1) is 10.2. The average Bonchev–Trinajstić information content (AvgIpc) is 2.67. The van der Waals surface area contributed by atoms with Crippen LogP contribution >= 0.6 is 0 Å². The van der Waals surface area contributed by atoms with Gasteiger partial charge < -0.3 is 0 Å². The van der Waals surface area contributed by atoms with Gasteiger partial charge in [0.25, 0.3) is 0 Å². The molecule has 0 saturated carbocycles. The summed E-state index contributed by atoms with van der Waals surface area (Å²) >= 11 is -1.03. The summed E-state index contributed by atoms with van der Waals surface area (Å²) in [5.74, 6) is 4.71. The van der Waals surface area contributed by atoms with Crippen molar-refractivity contribution in [2.24, 2.45) is 0 Å². The van der Waals surface area contributed by atoms with E-state index >= 15 is 0 Å². The fourth-order valence-electron chi connectivity index (χ4n) is 1.86. The Bertz CT molecular complexity index is 292. The van der Waals surface area contributed by atoms with E-state index in [1.807, 2.05) is 6.20 Å². The zero-order chi connectivity index (χ0) is 9.97. The molecule has 1 fully saturated rings. The molecule has 1 atom stereocenters. The third-order valence-corrected chi connectivity index (χ3v) is 5.59. The van der Waals surface area contributed by atoms with Gasteiger partial charge in [-0.05, 0) is 0 Å². The molecule has 1 radical (unpaired) electrons. The molecule has 2 heterocycles. The van der Waals surface area contributed by atoms with Gasteiger partial charge in [-0.15, -0.1) is 0 Å². The second-order valence-electron chi connectivity index (χ2n) is 3.98. The third-order valence-electron chi connectivity index (χ3n) is 2.61. The first-order valence-electron chi connectivity index (χ1n) is 5.24. The molecule has 1 aromatic rings. The summed E-state index contributed by atoms with van der Waals surface area (Å²) < 4.78 is 9.30. The number of nitrogens with zero attached hydrogens (tertiary/aromatic N) is 2. The van der Waals surface area contributed by atoms with Gasteiger partial charge in [0.05, 0.1) is 0 Å². The van der Waals surface area contributed by atoms with E-state index in [0.29, 0.717) is 0 Å². The van der Waals surface area contributed by atoms with Crippen LogP contribution < -0.4 is 4.53 Å². The molecule has 4 heteroatoms. The molecule has 1 aliphatic rings. The van der Waals surface area contributed by atoms with Crippen LogP contribution in [0.2, 0.25) is 11.5 Å². The minimum absolute atomic E-state index is 0.219. The number of ether oxygens (including phenoxy) is 1. The molecule has 14 heavy (non-hydrogen) atoms. The van der Waals surface area contributed by atoms with E-state index in [4.69, 9.17) is 4.74 Å². The van der Waals surface area contributed by atoms with E-state index in [1.165, 1.54) is 17.4 Å². The van der Waals surface area contributed by atoms with E-state index < -0.39 is 14.3 Å². The maximum absolute atomic E-state index is 5.74. The van der Waals surface area contributed by atoms with Gasteiger partial charge in [-0.1, -0.05) is 0 Å². The topological polar surface area (TPSA) is 27.1 Å². The van der Waals surface area contributed by atoms with E-state index in [9.17, 15) is 0 Å². The van der Waals surface area contributed by atoms with Crippen LogP contribution in [0, 0.1) is 0 Å². The van der Waals surface area contributed by atoms with Crippen molar-refractivity contribution in [1.29, 1.82) is 0 Å². The van der Waals surface area contributed by atoms with Crippen LogP contribution in [0.1, 0.15) is 25.5 Å². The van der Waals surface area contributed by atoms with Crippen LogP contribution in [0.5, 0.6) is 0 Å². The van der Waals surface area contributed by atoms with Crippen molar-refractivity contribution in [1.82, 2.24) is 9.78 Å². The summed E-state index contributed by atoms with van der Waals surface area (Å²) in [6, 6.07) is 2.16. The van der Waals surface area contributed by atoms with Crippen molar-refractivity contribution >= 4 is 18.9 Å². The van der Waals surface area contributed by atoms with Crippen LogP contribution in [-0.4, -0.2) is 30.7 Å². The summed E-state index contributed by atoms with van der Waals surface area (Å²) in [4.78, 5) is 0. The molecule has 0 spiro atoms. The number of aromatic nitrogens is 2. The first-order valence-corrected chi connectivity index (χ1v) is 10.5. The quantitative estimate of drug-likeness (QED) is 0.748. The number of rotatable bonds is 2. The Hall–Kier alpha value is -0.287. The van der Waals surface area contributed by atoms with Gasteiger partial charge in [0.15, 0.2) is 0 Å². The Morgan fingerprint density at radius 2 is 2.36 bits per heavy atom. The summed E-state index contributed by atoms with van der Waals surface area (Å²) in [5, 5.41) is 4.39. The molecule has 1 aliphatic heterocycles. The molecule has 0 aromatic carbocycles. The predicted octanol–water partition coefficient (Wildman–Crippen LogP) is 1.54. The first-order chi connectivity index (χ1) is 6.79. The maximum atomic E-state index is 5.74. The Morgan fingerprint density at radius 3 is 3.00 bits per heavy atom. The van der Waals surface area contributed by atoms with Crippen molar-refractivity contribution in [3.05, 3.63) is 12.3 Å². The zero-order valence-electron chi connectivity index (χ0n) is 8.86. The second-order valence-corrected chi connectivity index (χ2v) is 9.25. The average molecular weight is 254 g/mol. The van der Waals surface area contributed by atoms with Crippen LogP contribution in [0.3, 0.4) is 0 Å². The summed E-state index contributed by atoms with van der Waals surface area (Å²) in [5.41, 5.74) is 0. The van der Waals surface area contributed by atoms with Crippen molar-refractivity contribution in [2.75, 3.05) is 6.61 Å². The minimum atomic E-state index is -1.03. The van der Waals surface area contributed by atoms with Crippen molar-refractivity contribution in [3.63, 3.8) is 0 Å². The van der Waals surface area contributed by atoms with Crippen LogP contribution in [0.25, 0.3) is 0 Å². The van der Waals surface area contributed by atoms with Gasteiger partial charge in [0.2, 0.25) is 0 Å². The normalized spacial score (nSPS) is 22.9. The molecule has 2 rings (SSSR count). The molecule has 0 N–H and O–H groups in total. The van der Waals surface area contributed by atoms with E-state index in [2.05, 4.69) is 27.4 Å². The summed E-state index contributed by atoms with van der Waals surface area (Å²) in [6.45, 7) is 0.896.